The molecule has 1 aromatic carbocycles. The normalized spacial score (nSPS) is 10.7. The first kappa shape index (κ1) is 16.4. The molecule has 0 saturated carbocycles. The lowest BCUT2D eigenvalue weighted by Crippen LogP contribution is -2.48. The highest BCUT2D eigenvalue weighted by Crippen LogP contribution is 2.09. The summed E-state index contributed by atoms with van der Waals surface area (Å²) in [6.45, 7) is 1.80. The van der Waals surface area contributed by atoms with E-state index in [1.165, 1.54) is 30.7 Å². The predicted octanol–water partition coefficient (Wildman–Crippen LogP) is 0.118. The second-order valence-corrected chi connectivity index (χ2v) is 6.10. The summed E-state index contributed by atoms with van der Waals surface area (Å²) < 4.78 is 25.7. The molecule has 0 fully saturated rings. The van der Waals surface area contributed by atoms with Crippen molar-refractivity contribution in [2.45, 2.75) is 11.8 Å². The van der Waals surface area contributed by atoms with Crippen molar-refractivity contribution in [3.05, 3.63) is 54.1 Å². The maximum atomic E-state index is 12.0. The molecule has 23 heavy (non-hydrogen) atoms. The molecule has 0 aliphatic rings. The Morgan fingerprint density at radius 3 is 2.35 bits per heavy atom. The number of amides is 3. The van der Waals surface area contributed by atoms with Gasteiger partial charge in [-0.25, -0.2) is 28.3 Å². The van der Waals surface area contributed by atoms with E-state index in [4.69, 9.17) is 0 Å². The summed E-state index contributed by atoms with van der Waals surface area (Å²) in [5.74, 6) is -0.735. The summed E-state index contributed by atoms with van der Waals surface area (Å²) in [5.41, 5.74) is 4.78. The van der Waals surface area contributed by atoms with Crippen LogP contribution in [-0.2, 0) is 10.0 Å². The number of hydrogen-bond donors (Lipinski definition) is 3. The summed E-state index contributed by atoms with van der Waals surface area (Å²) >= 11 is 0. The van der Waals surface area contributed by atoms with E-state index in [2.05, 4.69) is 9.97 Å². The Kier molecular flexibility index (Phi) is 4.86. The van der Waals surface area contributed by atoms with Crippen molar-refractivity contribution in [3.63, 3.8) is 0 Å². The highest BCUT2D eigenvalue weighted by Gasteiger charge is 2.18. The van der Waals surface area contributed by atoms with Crippen molar-refractivity contribution in [1.29, 1.82) is 0 Å². The molecule has 0 aliphatic heterocycles. The van der Waals surface area contributed by atoms with E-state index in [1.807, 2.05) is 10.9 Å². The molecule has 0 unspecified atom stereocenters. The van der Waals surface area contributed by atoms with Crippen molar-refractivity contribution < 1.29 is 18.0 Å². The number of aromatic nitrogens is 2. The average Bonchev–Trinajstić information content (AvgIpc) is 2.53. The summed E-state index contributed by atoms with van der Waals surface area (Å²) in [4.78, 5) is 30.5. The zero-order chi connectivity index (χ0) is 16.9. The van der Waals surface area contributed by atoms with Crippen LogP contribution >= 0.6 is 0 Å². The molecule has 10 heteroatoms. The first-order valence-electron chi connectivity index (χ1n) is 6.34. The van der Waals surface area contributed by atoms with Crippen molar-refractivity contribution in [2.24, 2.45) is 0 Å². The molecule has 120 valence electrons. The molecule has 0 atom stereocenters. The predicted molar refractivity (Wildman–Crippen MR) is 79.5 cm³/mol. The lowest BCUT2D eigenvalue weighted by molar-refractivity contribution is 0.0931. The van der Waals surface area contributed by atoms with E-state index in [0.717, 1.165) is 5.56 Å². The number of benzene rings is 1. The maximum Gasteiger partial charge on any atom is 0.347 e. The van der Waals surface area contributed by atoms with Gasteiger partial charge in [0.25, 0.3) is 15.9 Å². The minimum Gasteiger partial charge on any atom is -0.266 e. The largest absolute Gasteiger partial charge is 0.347 e. The van der Waals surface area contributed by atoms with Crippen LogP contribution in [-0.4, -0.2) is 30.3 Å². The lowest BCUT2D eigenvalue weighted by atomic mass is 10.2. The zero-order valence-electron chi connectivity index (χ0n) is 12.0. The summed E-state index contributed by atoms with van der Waals surface area (Å²) in [5, 5.41) is 0. The molecule has 0 radical (unpaired) electrons. The summed E-state index contributed by atoms with van der Waals surface area (Å²) in [6, 6.07) is 4.82. The fraction of sp³-hybridized carbons (Fsp3) is 0.0769. The van der Waals surface area contributed by atoms with E-state index in [-0.39, 0.29) is 10.6 Å². The third-order valence-electron chi connectivity index (χ3n) is 2.64. The van der Waals surface area contributed by atoms with E-state index in [9.17, 15) is 18.0 Å². The van der Waals surface area contributed by atoms with Gasteiger partial charge in [-0.15, -0.1) is 0 Å². The molecule has 2 rings (SSSR count). The number of urea groups is 1. The van der Waals surface area contributed by atoms with Gasteiger partial charge in [-0.1, -0.05) is 17.7 Å². The highest BCUT2D eigenvalue weighted by atomic mass is 32.2. The topological polar surface area (TPSA) is 130 Å². The minimum absolute atomic E-state index is 0.0332. The third kappa shape index (κ3) is 4.48. The van der Waals surface area contributed by atoms with Gasteiger partial charge in [0.05, 0.1) is 11.1 Å². The Balaban J connectivity index is 1.94. The van der Waals surface area contributed by atoms with E-state index in [1.54, 1.807) is 23.8 Å². The molecule has 3 N–H and O–H groups in total. The fourth-order valence-corrected chi connectivity index (χ4v) is 2.43. The van der Waals surface area contributed by atoms with Crippen LogP contribution in [0, 0.1) is 6.92 Å². The van der Waals surface area contributed by atoms with Gasteiger partial charge < -0.3 is 0 Å². The van der Waals surface area contributed by atoms with Gasteiger partial charge in [0.15, 0.2) is 0 Å². The molecule has 0 aliphatic carbocycles. The Morgan fingerprint density at radius 2 is 1.74 bits per heavy atom. The van der Waals surface area contributed by atoms with Crippen molar-refractivity contribution >= 4 is 22.0 Å². The van der Waals surface area contributed by atoms with Gasteiger partial charge in [-0.05, 0) is 19.1 Å². The molecule has 0 saturated heterocycles. The third-order valence-corrected chi connectivity index (χ3v) is 3.99. The number of hydrazine groups is 1. The first-order chi connectivity index (χ1) is 10.9. The molecule has 2 aromatic rings. The van der Waals surface area contributed by atoms with Gasteiger partial charge in [0.1, 0.15) is 5.69 Å². The van der Waals surface area contributed by atoms with Crippen LogP contribution in [0.1, 0.15) is 16.1 Å². The van der Waals surface area contributed by atoms with Crippen LogP contribution in [0.2, 0.25) is 0 Å². The standard InChI is InChI=1S/C13H13N5O4S/c1-9-2-4-10(5-3-9)23(21,22)18-13(20)17-16-12(19)11-8-14-6-7-15-11/h2-8H,1H3,(H,16,19)(H2,17,18,20). The Labute approximate surface area is 132 Å². The number of rotatable bonds is 3. The van der Waals surface area contributed by atoms with Crippen LogP contribution in [0.3, 0.4) is 0 Å². The Morgan fingerprint density at radius 1 is 1.04 bits per heavy atom. The van der Waals surface area contributed by atoms with Crippen molar-refractivity contribution in [1.82, 2.24) is 25.5 Å². The average molecular weight is 335 g/mol. The number of aryl methyl sites for hydroxylation is 1. The SMILES string of the molecule is Cc1ccc(S(=O)(=O)NC(=O)NNC(=O)c2cnccn2)cc1. The number of carbonyl (C=O) groups is 2. The van der Waals surface area contributed by atoms with Crippen LogP contribution in [0.15, 0.2) is 47.8 Å². The van der Waals surface area contributed by atoms with Gasteiger partial charge in [0.2, 0.25) is 0 Å². The molecule has 3 amide bonds. The Bertz CT molecular complexity index is 806. The van der Waals surface area contributed by atoms with Crippen molar-refractivity contribution in [3.8, 4) is 0 Å². The van der Waals surface area contributed by atoms with Crippen LogP contribution < -0.4 is 15.6 Å². The van der Waals surface area contributed by atoms with Crippen LogP contribution in [0.4, 0.5) is 4.79 Å². The number of sulfonamides is 1. The summed E-state index contributed by atoms with van der Waals surface area (Å²) in [7, 11) is -4.03. The number of hydrogen-bond acceptors (Lipinski definition) is 6. The van der Waals surface area contributed by atoms with Crippen LogP contribution in [0.5, 0.6) is 0 Å². The highest BCUT2D eigenvalue weighted by molar-refractivity contribution is 7.90. The second-order valence-electron chi connectivity index (χ2n) is 4.42. The quantitative estimate of drug-likeness (QED) is 0.683. The van der Waals surface area contributed by atoms with E-state index in [0.29, 0.717) is 0 Å². The molecule has 1 heterocycles. The number of carbonyl (C=O) groups excluding carboxylic acids is 2. The Hall–Kier alpha value is -3.01. The second kappa shape index (κ2) is 6.83. The molecule has 0 bridgehead atoms. The van der Waals surface area contributed by atoms with Gasteiger partial charge >= 0.3 is 6.03 Å². The molecular formula is C13H13N5O4S. The number of nitrogens with one attached hydrogen (secondary N) is 3. The van der Waals surface area contributed by atoms with Gasteiger partial charge in [-0.2, -0.15) is 0 Å². The van der Waals surface area contributed by atoms with Gasteiger partial charge in [0, 0.05) is 12.4 Å². The molecule has 1 aromatic heterocycles. The van der Waals surface area contributed by atoms with E-state index < -0.39 is 22.0 Å². The summed E-state index contributed by atoms with van der Waals surface area (Å²) in [6.07, 6.45) is 3.87. The fourth-order valence-electron chi connectivity index (χ4n) is 1.52. The first-order valence-corrected chi connectivity index (χ1v) is 7.82. The minimum atomic E-state index is -4.03. The molecule has 0 spiro atoms. The monoisotopic (exact) mass is 335 g/mol. The number of nitrogens with zero attached hydrogens (tertiary/aromatic N) is 2. The van der Waals surface area contributed by atoms with E-state index >= 15 is 0 Å². The zero-order valence-corrected chi connectivity index (χ0v) is 12.8. The lowest BCUT2D eigenvalue weighted by Gasteiger charge is -2.09. The van der Waals surface area contributed by atoms with Crippen molar-refractivity contribution in [2.75, 3.05) is 0 Å². The molecular weight excluding hydrogens is 322 g/mol. The van der Waals surface area contributed by atoms with Crippen LogP contribution in [0.25, 0.3) is 0 Å². The maximum absolute atomic E-state index is 12.0. The van der Waals surface area contributed by atoms with Gasteiger partial charge in [-0.3, -0.25) is 15.2 Å². The molecule has 9 nitrogen and oxygen atoms in total. The smallest absolute Gasteiger partial charge is 0.266 e.